The van der Waals surface area contributed by atoms with Crippen molar-refractivity contribution in [3.05, 3.63) is 95.1 Å². The lowest BCUT2D eigenvalue weighted by Gasteiger charge is -2.37. The number of aliphatic hydroxyl groups excluding tert-OH is 2. The number of β-amino-alcohol motifs (C(OH)–C–C–N with tert-alkyl or cyclic N) is 1. The number of benzene rings is 3. The molecule has 8 nitrogen and oxygen atoms in total. The summed E-state index contributed by atoms with van der Waals surface area (Å²) in [7, 11) is 0. The van der Waals surface area contributed by atoms with Crippen molar-refractivity contribution in [3.8, 4) is 11.1 Å². The summed E-state index contributed by atoms with van der Waals surface area (Å²) in [5.74, 6) is 0. The molecule has 0 aromatic heterocycles. The van der Waals surface area contributed by atoms with Crippen LogP contribution >= 0.6 is 0 Å². The lowest BCUT2D eigenvalue weighted by atomic mass is 9.99. The molecule has 8 heteroatoms. The van der Waals surface area contributed by atoms with Gasteiger partial charge in [0.1, 0.15) is 0 Å². The lowest BCUT2D eigenvalue weighted by molar-refractivity contribution is -0.252. The average molecular weight is 546 g/mol. The van der Waals surface area contributed by atoms with E-state index in [2.05, 4.69) is 39.8 Å². The molecule has 4 atom stereocenters. The van der Waals surface area contributed by atoms with Crippen LogP contribution in [0.5, 0.6) is 0 Å². The molecule has 2 amide bonds. The molecule has 3 aromatic carbocycles. The first-order chi connectivity index (χ1) is 19.5. The van der Waals surface area contributed by atoms with Gasteiger partial charge in [0.05, 0.1) is 24.9 Å². The highest BCUT2D eigenvalue weighted by Gasteiger charge is 2.34. The first-order valence-electron chi connectivity index (χ1n) is 14.1. The Morgan fingerprint density at radius 3 is 2.42 bits per heavy atom. The Balaban J connectivity index is 1.30. The van der Waals surface area contributed by atoms with Crippen molar-refractivity contribution in [1.29, 1.82) is 0 Å². The van der Waals surface area contributed by atoms with Crippen molar-refractivity contribution in [3.63, 3.8) is 0 Å². The zero-order valence-electron chi connectivity index (χ0n) is 23.0. The van der Waals surface area contributed by atoms with Crippen molar-refractivity contribution >= 4 is 6.03 Å². The summed E-state index contributed by atoms with van der Waals surface area (Å²) in [4.78, 5) is 14.0. The minimum Gasteiger partial charge on any atom is -0.392 e. The Hall–Kier alpha value is -3.27. The number of carbonyl (C=O) groups excluding carboxylic acids is 1. The number of rotatable bonds is 9. The second kappa shape index (κ2) is 13.4. The number of urea groups is 1. The Labute approximate surface area is 235 Å². The van der Waals surface area contributed by atoms with E-state index in [0.29, 0.717) is 19.6 Å². The smallest absolute Gasteiger partial charge is 0.315 e. The molecule has 5 rings (SSSR count). The molecule has 40 heavy (non-hydrogen) atoms. The number of hydrogen-bond donors (Lipinski definition) is 4. The molecule has 0 saturated carbocycles. The molecule has 2 heterocycles. The number of hydrogen-bond acceptors (Lipinski definition) is 6. The van der Waals surface area contributed by atoms with Crippen LogP contribution in [-0.2, 0) is 22.6 Å². The maximum absolute atomic E-state index is 11.8. The molecule has 4 N–H and O–H groups in total. The monoisotopic (exact) mass is 545 g/mol. The van der Waals surface area contributed by atoms with Gasteiger partial charge in [-0.25, -0.2) is 4.79 Å². The Kier molecular flexibility index (Phi) is 9.46. The van der Waals surface area contributed by atoms with Crippen molar-refractivity contribution in [2.45, 2.75) is 57.5 Å². The van der Waals surface area contributed by atoms with Gasteiger partial charge in [-0.2, -0.15) is 0 Å². The van der Waals surface area contributed by atoms with Crippen molar-refractivity contribution in [1.82, 2.24) is 15.5 Å². The van der Waals surface area contributed by atoms with Gasteiger partial charge in [-0.3, -0.25) is 4.90 Å². The molecule has 4 unspecified atom stereocenters. The van der Waals surface area contributed by atoms with Gasteiger partial charge in [0.15, 0.2) is 6.29 Å². The van der Waals surface area contributed by atoms with Crippen LogP contribution in [-0.4, -0.2) is 59.5 Å². The summed E-state index contributed by atoms with van der Waals surface area (Å²) in [6.07, 6.45) is 0.543. The van der Waals surface area contributed by atoms with Gasteiger partial charge < -0.3 is 30.3 Å². The van der Waals surface area contributed by atoms with Gasteiger partial charge in [-0.05, 0) is 47.2 Å². The van der Waals surface area contributed by atoms with Crippen molar-refractivity contribution < 1.29 is 24.5 Å². The van der Waals surface area contributed by atoms with Crippen molar-refractivity contribution in [2.75, 3.05) is 26.2 Å². The summed E-state index contributed by atoms with van der Waals surface area (Å²) in [5.41, 5.74) is 6.04. The van der Waals surface area contributed by atoms with E-state index in [4.69, 9.17) is 9.47 Å². The molecule has 2 fully saturated rings. The maximum atomic E-state index is 11.8. The Morgan fingerprint density at radius 1 is 0.950 bits per heavy atom. The maximum Gasteiger partial charge on any atom is 0.315 e. The zero-order valence-corrected chi connectivity index (χ0v) is 23.0. The first-order valence-corrected chi connectivity index (χ1v) is 14.1. The second-order valence-corrected chi connectivity index (χ2v) is 10.6. The Morgan fingerprint density at radius 2 is 1.73 bits per heavy atom. The van der Waals surface area contributed by atoms with Crippen LogP contribution in [0.3, 0.4) is 0 Å². The van der Waals surface area contributed by atoms with Gasteiger partial charge in [0, 0.05) is 44.7 Å². The van der Waals surface area contributed by atoms with Crippen LogP contribution in [0.25, 0.3) is 11.1 Å². The predicted molar refractivity (Wildman–Crippen MR) is 153 cm³/mol. The quantitative estimate of drug-likeness (QED) is 0.320. The number of ether oxygens (including phenoxy) is 2. The van der Waals surface area contributed by atoms with Crippen LogP contribution in [0.4, 0.5) is 4.79 Å². The van der Waals surface area contributed by atoms with E-state index in [-0.39, 0.29) is 30.9 Å². The number of amides is 2. The van der Waals surface area contributed by atoms with Crippen LogP contribution in [0.1, 0.15) is 54.4 Å². The van der Waals surface area contributed by atoms with E-state index in [1.165, 1.54) is 0 Å². The molecule has 2 aliphatic heterocycles. The minimum absolute atomic E-state index is 0.0113. The fourth-order valence-corrected chi connectivity index (χ4v) is 5.40. The highest BCUT2D eigenvalue weighted by atomic mass is 16.7. The molecule has 212 valence electrons. The number of carbonyl (C=O) groups is 1. The molecule has 2 aliphatic rings. The summed E-state index contributed by atoms with van der Waals surface area (Å²) in [6, 6.07) is 24.1. The van der Waals surface area contributed by atoms with Gasteiger partial charge in [-0.1, -0.05) is 66.7 Å². The van der Waals surface area contributed by atoms with Gasteiger partial charge >= 0.3 is 6.03 Å². The SMILES string of the molecule is CCNC(=O)NCc1cccc(-c2ccc(C3OC(CN4CCC(O)C4)CC(c4ccc(CO)cc4)O3)cc2)c1. The van der Waals surface area contributed by atoms with E-state index in [9.17, 15) is 15.0 Å². The number of nitrogens with zero attached hydrogens (tertiary/aromatic N) is 1. The van der Waals surface area contributed by atoms with Gasteiger partial charge in [0.25, 0.3) is 0 Å². The molecule has 0 bridgehead atoms. The summed E-state index contributed by atoms with van der Waals surface area (Å²) in [6.45, 7) is 5.24. The number of nitrogens with one attached hydrogen (secondary N) is 2. The summed E-state index contributed by atoms with van der Waals surface area (Å²) >= 11 is 0. The van der Waals surface area contributed by atoms with Gasteiger partial charge in [0.2, 0.25) is 0 Å². The highest BCUT2D eigenvalue weighted by Crippen LogP contribution is 2.39. The van der Waals surface area contributed by atoms with E-state index in [1.54, 1.807) is 0 Å². The van der Waals surface area contributed by atoms with Crippen LogP contribution in [0.2, 0.25) is 0 Å². The fraction of sp³-hybridized carbons (Fsp3) is 0.406. The largest absolute Gasteiger partial charge is 0.392 e. The Bertz CT molecular complexity index is 1250. The molecule has 0 radical (unpaired) electrons. The number of aliphatic hydroxyl groups is 2. The average Bonchev–Trinajstić information content (AvgIpc) is 3.40. The third kappa shape index (κ3) is 7.27. The highest BCUT2D eigenvalue weighted by molar-refractivity contribution is 5.73. The normalized spacial score (nSPS) is 23.2. The van der Waals surface area contributed by atoms with Crippen LogP contribution < -0.4 is 10.6 Å². The number of likely N-dealkylation sites (tertiary alicyclic amines) is 1. The molecule has 0 aliphatic carbocycles. The van der Waals surface area contributed by atoms with Crippen LogP contribution in [0.15, 0.2) is 72.8 Å². The molecule has 0 spiro atoms. The summed E-state index contributed by atoms with van der Waals surface area (Å²) < 4.78 is 13.0. The van der Waals surface area contributed by atoms with Crippen molar-refractivity contribution in [2.24, 2.45) is 0 Å². The van der Waals surface area contributed by atoms with E-state index < -0.39 is 6.29 Å². The lowest BCUT2D eigenvalue weighted by Crippen LogP contribution is -2.38. The van der Waals surface area contributed by atoms with Crippen LogP contribution in [0, 0.1) is 0 Å². The van der Waals surface area contributed by atoms with Gasteiger partial charge in [-0.15, -0.1) is 0 Å². The third-order valence-electron chi connectivity index (χ3n) is 7.56. The van der Waals surface area contributed by atoms with E-state index in [1.807, 2.05) is 55.5 Å². The van der Waals surface area contributed by atoms with E-state index in [0.717, 1.165) is 59.3 Å². The minimum atomic E-state index is -0.518. The first kappa shape index (κ1) is 28.3. The summed E-state index contributed by atoms with van der Waals surface area (Å²) in [5, 5.41) is 25.1. The zero-order chi connectivity index (χ0) is 27.9. The molecule has 3 aromatic rings. The molecule has 2 saturated heterocycles. The van der Waals surface area contributed by atoms with E-state index >= 15 is 0 Å². The molecular weight excluding hydrogens is 506 g/mol. The fourth-order valence-electron chi connectivity index (χ4n) is 5.40. The third-order valence-corrected chi connectivity index (χ3v) is 7.56. The topological polar surface area (TPSA) is 103 Å². The predicted octanol–water partition coefficient (Wildman–Crippen LogP) is 4.28. The molecular formula is C32H39N3O5. The standard InChI is InChI=1S/C32H39N3O5/c1-2-33-32(38)34-18-23-4-3-5-27(16-23)24-10-12-26(13-11-24)31-39-29(20-35-15-14-28(37)19-35)17-30(40-31)25-8-6-22(21-36)7-9-25/h3-13,16,28-31,36-37H,2,14-15,17-21H2,1H3,(H2,33,34,38). The second-order valence-electron chi connectivity index (χ2n) is 10.6.